The van der Waals surface area contributed by atoms with Crippen LogP contribution in [-0.4, -0.2) is 55.2 Å². The van der Waals surface area contributed by atoms with E-state index in [-0.39, 0.29) is 5.91 Å². The minimum absolute atomic E-state index is 0.0721. The Labute approximate surface area is 113 Å². The van der Waals surface area contributed by atoms with Crippen molar-refractivity contribution in [1.82, 2.24) is 15.2 Å². The highest BCUT2D eigenvalue weighted by Crippen LogP contribution is 1.98. The number of morpholine rings is 1. The molecule has 1 fully saturated rings. The third kappa shape index (κ3) is 5.19. The number of amides is 1. The molecule has 0 saturated carbocycles. The van der Waals surface area contributed by atoms with Gasteiger partial charge in [-0.05, 0) is 17.7 Å². The highest BCUT2D eigenvalue weighted by molar-refractivity contribution is 5.91. The monoisotopic (exact) mass is 261 g/mol. The molecule has 0 aliphatic carbocycles. The molecule has 0 unspecified atom stereocenters. The SMILES string of the molecule is O=C(/C=C/c1cccnc1)NCCN1CCOCC1. The van der Waals surface area contributed by atoms with Crippen molar-refractivity contribution in [3.05, 3.63) is 36.2 Å². The molecule has 5 nitrogen and oxygen atoms in total. The van der Waals surface area contributed by atoms with Gasteiger partial charge >= 0.3 is 0 Å². The van der Waals surface area contributed by atoms with Gasteiger partial charge in [-0.15, -0.1) is 0 Å². The van der Waals surface area contributed by atoms with E-state index in [0.717, 1.165) is 38.4 Å². The summed E-state index contributed by atoms with van der Waals surface area (Å²) < 4.78 is 5.27. The number of pyridine rings is 1. The van der Waals surface area contributed by atoms with E-state index in [1.807, 2.05) is 12.1 Å². The topological polar surface area (TPSA) is 54.5 Å². The van der Waals surface area contributed by atoms with Crippen LogP contribution in [-0.2, 0) is 9.53 Å². The standard InChI is InChI=1S/C14H19N3O2/c18-14(4-3-13-2-1-5-15-12-13)16-6-7-17-8-10-19-11-9-17/h1-5,12H,6-11H2,(H,16,18)/b4-3+. The van der Waals surface area contributed by atoms with Gasteiger partial charge in [-0.25, -0.2) is 0 Å². The van der Waals surface area contributed by atoms with E-state index in [0.29, 0.717) is 6.54 Å². The third-order valence-electron chi connectivity index (χ3n) is 2.94. The molecule has 2 rings (SSSR count). The Kier molecular flexibility index (Phi) is 5.52. The maximum Gasteiger partial charge on any atom is 0.244 e. The van der Waals surface area contributed by atoms with Crippen molar-refractivity contribution < 1.29 is 9.53 Å². The maximum atomic E-state index is 11.6. The Bertz CT molecular complexity index is 414. The molecule has 0 bridgehead atoms. The molecule has 1 N–H and O–H groups in total. The smallest absolute Gasteiger partial charge is 0.244 e. The number of nitrogens with one attached hydrogen (secondary N) is 1. The highest BCUT2D eigenvalue weighted by Gasteiger charge is 2.09. The summed E-state index contributed by atoms with van der Waals surface area (Å²) in [5, 5.41) is 2.87. The van der Waals surface area contributed by atoms with Gasteiger partial charge in [0.15, 0.2) is 0 Å². The molecule has 0 atom stereocenters. The van der Waals surface area contributed by atoms with Crippen LogP contribution in [0.25, 0.3) is 6.08 Å². The van der Waals surface area contributed by atoms with Crippen molar-refractivity contribution in [1.29, 1.82) is 0 Å². The first-order valence-electron chi connectivity index (χ1n) is 6.50. The largest absolute Gasteiger partial charge is 0.379 e. The molecular formula is C14H19N3O2. The number of nitrogens with zero attached hydrogens (tertiary/aromatic N) is 2. The van der Waals surface area contributed by atoms with Crippen molar-refractivity contribution in [3.8, 4) is 0 Å². The minimum atomic E-state index is -0.0721. The zero-order valence-electron chi connectivity index (χ0n) is 10.9. The molecule has 1 saturated heterocycles. The van der Waals surface area contributed by atoms with Gasteiger partial charge in [0.1, 0.15) is 0 Å². The van der Waals surface area contributed by atoms with Gasteiger partial charge in [-0.3, -0.25) is 14.7 Å². The zero-order chi connectivity index (χ0) is 13.3. The van der Waals surface area contributed by atoms with Crippen LogP contribution < -0.4 is 5.32 Å². The predicted molar refractivity (Wildman–Crippen MR) is 73.5 cm³/mol. The second-order valence-corrected chi connectivity index (χ2v) is 4.36. The summed E-state index contributed by atoms with van der Waals surface area (Å²) in [7, 11) is 0. The van der Waals surface area contributed by atoms with Gasteiger partial charge in [0.05, 0.1) is 13.2 Å². The molecule has 2 heterocycles. The number of carbonyl (C=O) groups is 1. The summed E-state index contributed by atoms with van der Waals surface area (Å²) in [6.45, 7) is 5.00. The first-order valence-corrected chi connectivity index (χ1v) is 6.50. The predicted octanol–water partition coefficient (Wildman–Crippen LogP) is 0.543. The molecule has 1 aromatic rings. The molecule has 0 aromatic carbocycles. The lowest BCUT2D eigenvalue weighted by atomic mass is 10.2. The molecule has 0 radical (unpaired) electrons. The minimum Gasteiger partial charge on any atom is -0.379 e. The van der Waals surface area contributed by atoms with Gasteiger partial charge in [0, 0.05) is 44.6 Å². The Morgan fingerprint density at radius 2 is 2.32 bits per heavy atom. The highest BCUT2D eigenvalue weighted by atomic mass is 16.5. The average molecular weight is 261 g/mol. The van der Waals surface area contributed by atoms with E-state index >= 15 is 0 Å². The molecule has 5 heteroatoms. The van der Waals surface area contributed by atoms with Crippen molar-refractivity contribution in [2.75, 3.05) is 39.4 Å². The fraction of sp³-hybridized carbons (Fsp3) is 0.429. The summed E-state index contributed by atoms with van der Waals surface area (Å²) in [4.78, 5) is 17.9. The number of aromatic nitrogens is 1. The van der Waals surface area contributed by atoms with Crippen LogP contribution in [0.3, 0.4) is 0 Å². The van der Waals surface area contributed by atoms with Crippen LogP contribution in [0.1, 0.15) is 5.56 Å². The fourth-order valence-corrected chi connectivity index (χ4v) is 1.87. The normalized spacial score (nSPS) is 16.6. The van der Waals surface area contributed by atoms with Crippen LogP contribution in [0.5, 0.6) is 0 Å². The summed E-state index contributed by atoms with van der Waals surface area (Å²) in [5.41, 5.74) is 0.922. The number of rotatable bonds is 5. The van der Waals surface area contributed by atoms with E-state index in [2.05, 4.69) is 15.2 Å². The van der Waals surface area contributed by atoms with E-state index in [1.54, 1.807) is 18.5 Å². The van der Waals surface area contributed by atoms with Crippen molar-refractivity contribution in [2.45, 2.75) is 0 Å². The van der Waals surface area contributed by atoms with Crippen molar-refractivity contribution in [3.63, 3.8) is 0 Å². The first-order chi connectivity index (χ1) is 9.34. The second-order valence-electron chi connectivity index (χ2n) is 4.36. The average Bonchev–Trinajstić information content (AvgIpc) is 2.47. The second kappa shape index (κ2) is 7.66. The molecule has 1 aliphatic heterocycles. The lowest BCUT2D eigenvalue weighted by Crippen LogP contribution is -2.41. The summed E-state index contributed by atoms with van der Waals surface area (Å²) in [5.74, 6) is -0.0721. The number of hydrogen-bond donors (Lipinski definition) is 1. The van der Waals surface area contributed by atoms with Gasteiger partial charge in [-0.2, -0.15) is 0 Å². The van der Waals surface area contributed by atoms with Gasteiger partial charge in [0.25, 0.3) is 0 Å². The van der Waals surface area contributed by atoms with Gasteiger partial charge < -0.3 is 10.1 Å². The lowest BCUT2D eigenvalue weighted by Gasteiger charge is -2.26. The molecule has 1 aromatic heterocycles. The van der Waals surface area contributed by atoms with Crippen LogP contribution in [0.15, 0.2) is 30.6 Å². The summed E-state index contributed by atoms with van der Waals surface area (Å²) >= 11 is 0. The molecule has 1 aliphatic rings. The van der Waals surface area contributed by atoms with Gasteiger partial charge in [-0.1, -0.05) is 6.07 Å². The van der Waals surface area contributed by atoms with Crippen molar-refractivity contribution in [2.24, 2.45) is 0 Å². The number of hydrogen-bond acceptors (Lipinski definition) is 4. The zero-order valence-corrected chi connectivity index (χ0v) is 10.9. The Hall–Kier alpha value is -1.72. The molecule has 19 heavy (non-hydrogen) atoms. The third-order valence-corrected chi connectivity index (χ3v) is 2.94. The maximum absolute atomic E-state index is 11.6. The number of carbonyl (C=O) groups excluding carboxylic acids is 1. The summed E-state index contributed by atoms with van der Waals surface area (Å²) in [6, 6.07) is 3.75. The summed E-state index contributed by atoms with van der Waals surface area (Å²) in [6.07, 6.45) is 6.73. The van der Waals surface area contributed by atoms with Crippen LogP contribution in [0.4, 0.5) is 0 Å². The molecular weight excluding hydrogens is 242 g/mol. The molecule has 102 valence electrons. The lowest BCUT2D eigenvalue weighted by molar-refractivity contribution is -0.116. The van der Waals surface area contributed by atoms with Crippen LogP contribution in [0.2, 0.25) is 0 Å². The Morgan fingerprint density at radius 1 is 1.47 bits per heavy atom. The van der Waals surface area contributed by atoms with Gasteiger partial charge in [0.2, 0.25) is 5.91 Å². The van der Waals surface area contributed by atoms with E-state index < -0.39 is 0 Å². The number of ether oxygens (including phenoxy) is 1. The Balaban J connectivity index is 1.65. The molecule has 1 amide bonds. The Morgan fingerprint density at radius 3 is 3.05 bits per heavy atom. The van der Waals surface area contributed by atoms with E-state index in [4.69, 9.17) is 4.74 Å². The first kappa shape index (κ1) is 13.7. The van der Waals surface area contributed by atoms with E-state index in [9.17, 15) is 4.79 Å². The molecule has 0 spiro atoms. The fourth-order valence-electron chi connectivity index (χ4n) is 1.87. The van der Waals surface area contributed by atoms with Crippen LogP contribution >= 0.6 is 0 Å². The van der Waals surface area contributed by atoms with E-state index in [1.165, 1.54) is 6.08 Å². The van der Waals surface area contributed by atoms with Crippen LogP contribution in [0, 0.1) is 0 Å². The van der Waals surface area contributed by atoms with Crippen molar-refractivity contribution >= 4 is 12.0 Å². The quantitative estimate of drug-likeness (QED) is 0.786.